The number of nitrogens with zero attached hydrogens (tertiary/aromatic N) is 1. The van der Waals surface area contributed by atoms with Crippen molar-refractivity contribution in [3.8, 4) is 11.5 Å². The van der Waals surface area contributed by atoms with E-state index in [4.69, 9.17) is 34.3 Å². The van der Waals surface area contributed by atoms with Crippen molar-refractivity contribution in [3.63, 3.8) is 0 Å². The highest BCUT2D eigenvalue weighted by molar-refractivity contribution is 7.80. The van der Waals surface area contributed by atoms with E-state index in [1.54, 1.807) is 18.3 Å². The Labute approximate surface area is 122 Å². The first-order valence-corrected chi connectivity index (χ1v) is 6.47. The van der Waals surface area contributed by atoms with Gasteiger partial charge < -0.3 is 10.5 Å². The molecule has 0 saturated carbocycles. The molecule has 0 amide bonds. The average molecular weight is 293 g/mol. The smallest absolute Gasteiger partial charge is 0.156 e. The maximum Gasteiger partial charge on any atom is 0.156 e. The first-order valence-electron chi connectivity index (χ1n) is 5.68. The summed E-state index contributed by atoms with van der Waals surface area (Å²) >= 11 is 11.1. The van der Waals surface area contributed by atoms with E-state index in [-0.39, 0.29) is 4.99 Å². The van der Waals surface area contributed by atoms with Crippen LogP contribution in [0.2, 0.25) is 5.02 Å². The molecule has 2 N–H and O–H groups in total. The highest BCUT2D eigenvalue weighted by Gasteiger charge is 2.10. The summed E-state index contributed by atoms with van der Waals surface area (Å²) in [6, 6.07) is 7.28. The van der Waals surface area contributed by atoms with Gasteiger partial charge in [0, 0.05) is 11.2 Å². The first-order chi connectivity index (χ1) is 8.99. The minimum absolute atomic E-state index is 0.206. The Balaban J connectivity index is 2.39. The van der Waals surface area contributed by atoms with Crippen LogP contribution in [0.3, 0.4) is 0 Å². The fourth-order valence-corrected chi connectivity index (χ4v) is 2.01. The molecule has 0 aliphatic carbocycles. The van der Waals surface area contributed by atoms with E-state index in [1.807, 2.05) is 26.0 Å². The molecule has 1 aromatic heterocycles. The minimum Gasteiger partial charge on any atom is -0.455 e. The fourth-order valence-electron chi connectivity index (χ4n) is 1.75. The lowest BCUT2D eigenvalue weighted by Gasteiger charge is -2.11. The molecular formula is C14H13ClN2OS. The van der Waals surface area contributed by atoms with Gasteiger partial charge in [-0.05, 0) is 49.2 Å². The first kappa shape index (κ1) is 13.8. The van der Waals surface area contributed by atoms with Crippen LogP contribution in [0.15, 0.2) is 30.5 Å². The molecule has 0 atom stereocenters. The molecule has 1 heterocycles. The number of aryl methyl sites for hydroxylation is 2. The third-order valence-electron chi connectivity index (χ3n) is 2.64. The zero-order valence-corrected chi connectivity index (χ0v) is 12.2. The molecule has 0 fully saturated rings. The number of hydrogen-bond donors (Lipinski definition) is 1. The van der Waals surface area contributed by atoms with Crippen molar-refractivity contribution >= 4 is 28.8 Å². The van der Waals surface area contributed by atoms with Crippen LogP contribution in [0, 0.1) is 13.8 Å². The second-order valence-corrected chi connectivity index (χ2v) is 5.01. The van der Waals surface area contributed by atoms with Crippen molar-refractivity contribution in [2.75, 3.05) is 0 Å². The van der Waals surface area contributed by atoms with Gasteiger partial charge in [-0.15, -0.1) is 0 Å². The van der Waals surface area contributed by atoms with Gasteiger partial charge in [0.25, 0.3) is 0 Å². The zero-order chi connectivity index (χ0) is 14.0. The molecule has 5 heteroatoms. The predicted molar refractivity (Wildman–Crippen MR) is 81.1 cm³/mol. The van der Waals surface area contributed by atoms with Crippen molar-refractivity contribution in [1.29, 1.82) is 0 Å². The van der Waals surface area contributed by atoms with E-state index in [2.05, 4.69) is 4.98 Å². The van der Waals surface area contributed by atoms with Crippen LogP contribution < -0.4 is 10.5 Å². The van der Waals surface area contributed by atoms with Crippen LogP contribution in [0.25, 0.3) is 0 Å². The lowest BCUT2D eigenvalue weighted by Crippen LogP contribution is -2.12. The molecular weight excluding hydrogens is 280 g/mol. The Bertz CT molecular complexity index is 620. The Morgan fingerprint density at radius 2 is 1.95 bits per heavy atom. The van der Waals surface area contributed by atoms with Crippen molar-refractivity contribution in [2.45, 2.75) is 13.8 Å². The number of halogens is 1. The molecule has 2 aromatic rings. The Morgan fingerprint density at radius 3 is 2.53 bits per heavy atom. The van der Waals surface area contributed by atoms with Crippen LogP contribution in [-0.4, -0.2) is 9.97 Å². The van der Waals surface area contributed by atoms with Crippen molar-refractivity contribution in [3.05, 3.63) is 52.3 Å². The summed E-state index contributed by atoms with van der Waals surface area (Å²) in [6.07, 6.45) is 1.62. The molecule has 19 heavy (non-hydrogen) atoms. The van der Waals surface area contributed by atoms with Gasteiger partial charge >= 0.3 is 0 Å². The number of hydrogen-bond acceptors (Lipinski definition) is 3. The molecule has 0 saturated heterocycles. The average Bonchev–Trinajstić information content (AvgIpc) is 2.36. The lowest BCUT2D eigenvalue weighted by molar-refractivity contribution is 0.478. The van der Waals surface area contributed by atoms with Gasteiger partial charge in [0.15, 0.2) is 5.75 Å². The second-order valence-electron chi connectivity index (χ2n) is 4.19. The maximum absolute atomic E-state index is 6.13. The molecule has 0 radical (unpaired) electrons. The van der Waals surface area contributed by atoms with E-state index < -0.39 is 0 Å². The number of benzene rings is 1. The summed E-state index contributed by atoms with van der Waals surface area (Å²) in [5, 5.41) is 0.744. The Morgan fingerprint density at radius 1 is 1.32 bits per heavy atom. The van der Waals surface area contributed by atoms with E-state index >= 15 is 0 Å². The molecule has 0 aliphatic rings. The normalized spacial score (nSPS) is 10.3. The topological polar surface area (TPSA) is 48.1 Å². The minimum atomic E-state index is 0.206. The van der Waals surface area contributed by atoms with Gasteiger partial charge in [-0.1, -0.05) is 23.8 Å². The van der Waals surface area contributed by atoms with E-state index in [9.17, 15) is 0 Å². The second kappa shape index (κ2) is 5.55. The van der Waals surface area contributed by atoms with Gasteiger partial charge in [-0.3, -0.25) is 0 Å². The van der Waals surface area contributed by atoms with Gasteiger partial charge in [0.1, 0.15) is 16.4 Å². The number of pyridine rings is 1. The Hall–Kier alpha value is -1.65. The van der Waals surface area contributed by atoms with Crippen LogP contribution in [0.4, 0.5) is 0 Å². The molecule has 0 aliphatic heterocycles. The molecule has 1 aromatic carbocycles. The number of thiocarbonyl (C=S) groups is 1. The summed E-state index contributed by atoms with van der Waals surface area (Å²) in [6.45, 7) is 3.86. The van der Waals surface area contributed by atoms with E-state index in [1.165, 1.54) is 0 Å². The predicted octanol–water partition coefficient (Wildman–Crippen LogP) is 3.78. The molecule has 0 spiro atoms. The lowest BCUT2D eigenvalue weighted by atomic mass is 10.1. The zero-order valence-electron chi connectivity index (χ0n) is 10.6. The standard InChI is InChI=1S/C14H13ClN2OS/c1-8-6-10(7-9(2)12(8)15)18-11-4-3-5-17-13(11)14(16)19/h3-7H,1-2H3,(H2,16,19). The highest BCUT2D eigenvalue weighted by atomic mass is 35.5. The van der Waals surface area contributed by atoms with Gasteiger partial charge in [0.05, 0.1) is 0 Å². The quantitative estimate of drug-likeness (QED) is 0.875. The van der Waals surface area contributed by atoms with E-state index in [0.29, 0.717) is 17.2 Å². The van der Waals surface area contributed by atoms with Gasteiger partial charge in [-0.25, -0.2) is 4.98 Å². The van der Waals surface area contributed by atoms with Crippen LogP contribution in [0.1, 0.15) is 16.8 Å². The summed E-state index contributed by atoms with van der Waals surface area (Å²) in [4.78, 5) is 4.33. The molecule has 98 valence electrons. The summed E-state index contributed by atoms with van der Waals surface area (Å²) in [7, 11) is 0. The van der Waals surface area contributed by atoms with Crippen molar-refractivity contribution in [2.24, 2.45) is 5.73 Å². The number of aromatic nitrogens is 1. The van der Waals surface area contributed by atoms with Crippen LogP contribution >= 0.6 is 23.8 Å². The molecule has 0 unspecified atom stereocenters. The number of rotatable bonds is 3. The SMILES string of the molecule is Cc1cc(Oc2cccnc2C(N)=S)cc(C)c1Cl. The fraction of sp³-hybridized carbons (Fsp3) is 0.143. The van der Waals surface area contributed by atoms with E-state index in [0.717, 1.165) is 16.1 Å². The van der Waals surface area contributed by atoms with Crippen molar-refractivity contribution in [1.82, 2.24) is 4.98 Å². The maximum atomic E-state index is 6.13. The van der Waals surface area contributed by atoms with Crippen molar-refractivity contribution < 1.29 is 4.74 Å². The third-order valence-corrected chi connectivity index (χ3v) is 3.43. The monoisotopic (exact) mass is 292 g/mol. The number of ether oxygens (including phenoxy) is 1. The summed E-state index contributed by atoms with van der Waals surface area (Å²) in [5.41, 5.74) is 8.01. The van der Waals surface area contributed by atoms with Crippen LogP contribution in [-0.2, 0) is 0 Å². The summed E-state index contributed by atoms with van der Waals surface area (Å²) < 4.78 is 5.80. The molecule has 0 bridgehead atoms. The van der Waals surface area contributed by atoms with Crippen LogP contribution in [0.5, 0.6) is 11.5 Å². The van der Waals surface area contributed by atoms with Gasteiger partial charge in [-0.2, -0.15) is 0 Å². The summed E-state index contributed by atoms with van der Waals surface area (Å²) in [5.74, 6) is 1.22. The third kappa shape index (κ3) is 3.03. The largest absolute Gasteiger partial charge is 0.455 e. The highest BCUT2D eigenvalue weighted by Crippen LogP contribution is 2.30. The van der Waals surface area contributed by atoms with Gasteiger partial charge in [0.2, 0.25) is 0 Å². The molecule has 2 rings (SSSR count). The number of nitrogens with two attached hydrogens (primary N) is 1. The Kier molecular flexibility index (Phi) is 4.02. The molecule has 3 nitrogen and oxygen atoms in total.